The molecule has 0 bridgehead atoms. The first-order chi connectivity index (χ1) is 11.5. The molecule has 0 spiro atoms. The Morgan fingerprint density at radius 1 is 1.44 bits per heavy atom. The number of aromatic nitrogens is 2. The van der Waals surface area contributed by atoms with E-state index in [9.17, 15) is 5.11 Å². The Hall–Kier alpha value is -0.830. The average Bonchev–Trinajstić information content (AvgIpc) is 3.17. The molecule has 1 fully saturated rings. The first-order valence-electron chi connectivity index (χ1n) is 9.25. The molecule has 0 aliphatic heterocycles. The molecule has 1 aromatic heterocycles. The predicted octanol–water partition coefficient (Wildman–Crippen LogP) is 2.41. The third kappa shape index (κ3) is 5.09. The Morgan fingerprint density at radius 2 is 2.16 bits per heavy atom. The highest BCUT2D eigenvalue weighted by atomic mass is 127. The fourth-order valence-electron chi connectivity index (χ4n) is 3.75. The van der Waals surface area contributed by atoms with E-state index in [2.05, 4.69) is 40.4 Å². The number of hydrogen-bond donors (Lipinski definition) is 3. The highest BCUT2D eigenvalue weighted by Gasteiger charge is 2.31. The van der Waals surface area contributed by atoms with E-state index in [1.807, 2.05) is 0 Å². The second-order valence-electron chi connectivity index (χ2n) is 7.62. The van der Waals surface area contributed by atoms with Gasteiger partial charge in [0.15, 0.2) is 5.96 Å². The van der Waals surface area contributed by atoms with Crippen molar-refractivity contribution in [1.82, 2.24) is 20.4 Å². The molecule has 1 aromatic rings. The molecule has 25 heavy (non-hydrogen) atoms. The number of nitrogens with one attached hydrogen (secondary N) is 2. The van der Waals surface area contributed by atoms with Gasteiger partial charge in [-0.1, -0.05) is 12.8 Å². The molecular formula is C18H32IN5O. The van der Waals surface area contributed by atoms with Crippen LogP contribution in [0.3, 0.4) is 0 Å². The SMILES string of the molecule is CN=C(NCC1(O)CCCC1)NC1CCc2cn(C(C)C)nc2C1.I. The molecule has 3 rings (SSSR count). The van der Waals surface area contributed by atoms with Gasteiger partial charge in [0.05, 0.1) is 11.3 Å². The zero-order valence-corrected chi connectivity index (χ0v) is 17.9. The van der Waals surface area contributed by atoms with E-state index in [0.717, 1.165) is 50.9 Å². The summed E-state index contributed by atoms with van der Waals surface area (Å²) in [6.45, 7) is 4.90. The zero-order chi connectivity index (χ0) is 17.2. The summed E-state index contributed by atoms with van der Waals surface area (Å²) in [5.41, 5.74) is 2.02. The molecule has 0 radical (unpaired) electrons. The molecule has 7 heteroatoms. The Kier molecular flexibility index (Phi) is 7.13. The number of rotatable bonds is 4. The van der Waals surface area contributed by atoms with Gasteiger partial charge in [-0.2, -0.15) is 5.10 Å². The quantitative estimate of drug-likeness (QED) is 0.366. The maximum absolute atomic E-state index is 10.5. The number of nitrogens with zero attached hydrogens (tertiary/aromatic N) is 3. The van der Waals surface area contributed by atoms with Gasteiger partial charge in [0.1, 0.15) is 0 Å². The van der Waals surface area contributed by atoms with E-state index in [0.29, 0.717) is 18.6 Å². The standard InChI is InChI=1S/C18H31N5O.HI/c1-13(2)23-11-14-6-7-15(10-16(14)22-23)21-17(19-3)20-12-18(24)8-4-5-9-18;/h11,13,15,24H,4-10,12H2,1-3H3,(H2,19,20,21);1H. The van der Waals surface area contributed by atoms with Crippen LogP contribution in [0, 0.1) is 0 Å². The van der Waals surface area contributed by atoms with Crippen molar-refractivity contribution in [3.8, 4) is 0 Å². The number of aliphatic imine (C=N–C) groups is 1. The van der Waals surface area contributed by atoms with Gasteiger partial charge in [-0.25, -0.2) is 0 Å². The number of hydrogen-bond acceptors (Lipinski definition) is 3. The predicted molar refractivity (Wildman–Crippen MR) is 112 cm³/mol. The molecule has 1 saturated carbocycles. The highest BCUT2D eigenvalue weighted by Crippen LogP contribution is 2.28. The second-order valence-corrected chi connectivity index (χ2v) is 7.62. The number of fused-ring (bicyclic) bond motifs is 1. The topological polar surface area (TPSA) is 74.5 Å². The van der Waals surface area contributed by atoms with E-state index < -0.39 is 5.60 Å². The van der Waals surface area contributed by atoms with Crippen molar-refractivity contribution < 1.29 is 5.11 Å². The van der Waals surface area contributed by atoms with Crippen LogP contribution < -0.4 is 10.6 Å². The van der Waals surface area contributed by atoms with Gasteiger partial charge in [0.2, 0.25) is 0 Å². The van der Waals surface area contributed by atoms with Crippen LogP contribution in [0.4, 0.5) is 0 Å². The summed E-state index contributed by atoms with van der Waals surface area (Å²) >= 11 is 0. The number of aliphatic hydroxyl groups is 1. The maximum atomic E-state index is 10.5. The molecule has 1 heterocycles. The second kappa shape index (κ2) is 8.70. The Balaban J connectivity index is 0.00000225. The summed E-state index contributed by atoms with van der Waals surface area (Å²) in [5.74, 6) is 0.784. The molecule has 1 atom stereocenters. The minimum Gasteiger partial charge on any atom is -0.388 e. The van der Waals surface area contributed by atoms with Gasteiger partial charge in [-0.15, -0.1) is 24.0 Å². The molecule has 142 valence electrons. The lowest BCUT2D eigenvalue weighted by Gasteiger charge is -2.27. The third-order valence-electron chi connectivity index (χ3n) is 5.31. The normalized spacial score (nSPS) is 22.4. The lowest BCUT2D eigenvalue weighted by atomic mass is 9.94. The fraction of sp³-hybridized carbons (Fsp3) is 0.778. The summed E-state index contributed by atoms with van der Waals surface area (Å²) in [6, 6.07) is 0.751. The lowest BCUT2D eigenvalue weighted by molar-refractivity contribution is 0.0521. The van der Waals surface area contributed by atoms with Crippen LogP contribution in [-0.4, -0.2) is 46.1 Å². The first-order valence-corrected chi connectivity index (χ1v) is 9.25. The van der Waals surface area contributed by atoms with Crippen molar-refractivity contribution in [2.75, 3.05) is 13.6 Å². The van der Waals surface area contributed by atoms with Gasteiger partial charge >= 0.3 is 0 Å². The minimum atomic E-state index is -0.562. The monoisotopic (exact) mass is 461 g/mol. The average molecular weight is 461 g/mol. The third-order valence-corrected chi connectivity index (χ3v) is 5.31. The molecule has 6 nitrogen and oxygen atoms in total. The summed E-state index contributed by atoms with van der Waals surface area (Å²) in [5, 5.41) is 22.0. The van der Waals surface area contributed by atoms with E-state index in [1.165, 1.54) is 11.3 Å². The van der Waals surface area contributed by atoms with Gasteiger partial charge < -0.3 is 15.7 Å². The molecule has 0 aromatic carbocycles. The smallest absolute Gasteiger partial charge is 0.191 e. The van der Waals surface area contributed by atoms with Crippen LogP contribution >= 0.6 is 24.0 Å². The Bertz CT molecular complexity index is 592. The van der Waals surface area contributed by atoms with Crippen molar-refractivity contribution in [2.24, 2.45) is 4.99 Å². The van der Waals surface area contributed by atoms with Crippen molar-refractivity contribution in [3.63, 3.8) is 0 Å². The maximum Gasteiger partial charge on any atom is 0.191 e. The summed E-state index contributed by atoms with van der Waals surface area (Å²) in [4.78, 5) is 4.32. The van der Waals surface area contributed by atoms with Gasteiger partial charge in [-0.3, -0.25) is 9.67 Å². The number of guanidine groups is 1. The van der Waals surface area contributed by atoms with Crippen molar-refractivity contribution in [3.05, 3.63) is 17.5 Å². The first kappa shape index (κ1) is 20.5. The van der Waals surface area contributed by atoms with Crippen LogP contribution in [0.1, 0.15) is 63.3 Å². The van der Waals surface area contributed by atoms with E-state index >= 15 is 0 Å². The summed E-state index contributed by atoms with van der Waals surface area (Å²) in [7, 11) is 1.79. The molecule has 2 aliphatic carbocycles. The molecular weight excluding hydrogens is 429 g/mol. The Morgan fingerprint density at radius 3 is 2.80 bits per heavy atom. The Labute approximate surface area is 167 Å². The van der Waals surface area contributed by atoms with Crippen molar-refractivity contribution in [2.45, 2.75) is 76.5 Å². The van der Waals surface area contributed by atoms with Crippen LogP contribution in [0.5, 0.6) is 0 Å². The van der Waals surface area contributed by atoms with Crippen LogP contribution in [0.15, 0.2) is 11.2 Å². The van der Waals surface area contributed by atoms with Gasteiger partial charge in [0.25, 0.3) is 0 Å². The largest absolute Gasteiger partial charge is 0.388 e. The van der Waals surface area contributed by atoms with Gasteiger partial charge in [-0.05, 0) is 45.1 Å². The van der Waals surface area contributed by atoms with E-state index in [-0.39, 0.29) is 24.0 Å². The number of halogens is 1. The highest BCUT2D eigenvalue weighted by molar-refractivity contribution is 14.0. The molecule has 3 N–H and O–H groups in total. The minimum absolute atomic E-state index is 0. The lowest BCUT2D eigenvalue weighted by Crippen LogP contribution is -2.50. The van der Waals surface area contributed by atoms with Crippen LogP contribution in [0.25, 0.3) is 0 Å². The fourth-order valence-corrected chi connectivity index (χ4v) is 3.75. The van der Waals surface area contributed by atoms with Crippen molar-refractivity contribution in [1.29, 1.82) is 0 Å². The van der Waals surface area contributed by atoms with E-state index in [1.54, 1.807) is 7.05 Å². The van der Waals surface area contributed by atoms with Crippen molar-refractivity contribution >= 4 is 29.9 Å². The molecule has 0 saturated heterocycles. The molecule has 0 amide bonds. The summed E-state index contributed by atoms with van der Waals surface area (Å²) < 4.78 is 2.07. The van der Waals surface area contributed by atoms with Crippen LogP contribution in [-0.2, 0) is 12.8 Å². The molecule has 2 aliphatic rings. The van der Waals surface area contributed by atoms with E-state index in [4.69, 9.17) is 5.10 Å². The van der Waals surface area contributed by atoms with Crippen LogP contribution in [0.2, 0.25) is 0 Å². The molecule has 1 unspecified atom stereocenters. The summed E-state index contributed by atoms with van der Waals surface area (Å²) in [6.07, 6.45) is 9.27. The zero-order valence-electron chi connectivity index (χ0n) is 15.6. The number of aryl methyl sites for hydroxylation is 1. The van der Waals surface area contributed by atoms with Gasteiger partial charge in [0, 0.05) is 38.3 Å².